The molecule has 0 heterocycles. The van der Waals surface area contributed by atoms with Gasteiger partial charge in [0.05, 0.1) is 4.47 Å². The van der Waals surface area contributed by atoms with Crippen LogP contribution in [-0.2, 0) is 0 Å². The van der Waals surface area contributed by atoms with Crippen LogP contribution in [0.3, 0.4) is 0 Å². The van der Waals surface area contributed by atoms with E-state index in [1.807, 2.05) is 24.3 Å². The Hall–Kier alpha value is -0.460. The fourth-order valence-corrected chi connectivity index (χ4v) is 2.28. The highest BCUT2D eigenvalue weighted by atomic mass is 127. The second kappa shape index (κ2) is 5.46. The van der Waals surface area contributed by atoms with Crippen molar-refractivity contribution in [2.24, 2.45) is 0 Å². The molecule has 0 radical (unpaired) electrons. The average Bonchev–Trinajstić information content (AvgIpc) is 2.33. The van der Waals surface area contributed by atoms with Crippen LogP contribution < -0.4 is 0 Å². The summed E-state index contributed by atoms with van der Waals surface area (Å²) in [5, 5.41) is 10.2. The lowest BCUT2D eigenvalue weighted by atomic mass is 10.0. The van der Waals surface area contributed by atoms with E-state index in [1.165, 1.54) is 6.07 Å². The number of hydrogen-bond acceptors (Lipinski definition) is 1. The lowest BCUT2D eigenvalue weighted by Gasteiger charge is -2.12. The average molecular weight is 407 g/mol. The molecule has 0 aliphatic rings. The number of aliphatic hydroxyl groups is 1. The van der Waals surface area contributed by atoms with Gasteiger partial charge in [0, 0.05) is 3.57 Å². The molecule has 0 aliphatic heterocycles. The molecule has 0 aliphatic carbocycles. The third-order valence-electron chi connectivity index (χ3n) is 2.45. The minimum atomic E-state index is -0.733. The van der Waals surface area contributed by atoms with Gasteiger partial charge in [0.2, 0.25) is 0 Å². The third kappa shape index (κ3) is 3.05. The zero-order valence-electron chi connectivity index (χ0n) is 8.70. The van der Waals surface area contributed by atoms with E-state index in [0.29, 0.717) is 10.0 Å². The molecule has 0 amide bonds. The first kappa shape index (κ1) is 13.0. The first-order valence-electron chi connectivity index (χ1n) is 4.96. The Kier molecular flexibility index (Phi) is 4.17. The van der Waals surface area contributed by atoms with Crippen molar-refractivity contribution < 1.29 is 9.50 Å². The van der Waals surface area contributed by atoms with Crippen LogP contribution in [0, 0.1) is 9.39 Å². The molecule has 1 N–H and O–H groups in total. The molecule has 1 unspecified atom stereocenters. The van der Waals surface area contributed by atoms with Gasteiger partial charge >= 0.3 is 0 Å². The summed E-state index contributed by atoms with van der Waals surface area (Å²) in [5.41, 5.74) is 1.46. The Morgan fingerprint density at radius 1 is 1.06 bits per heavy atom. The van der Waals surface area contributed by atoms with Crippen LogP contribution in [0.25, 0.3) is 0 Å². The lowest BCUT2D eigenvalue weighted by molar-refractivity contribution is 0.220. The maximum absolute atomic E-state index is 13.1. The van der Waals surface area contributed by atoms with Crippen molar-refractivity contribution in [2.45, 2.75) is 6.10 Å². The van der Waals surface area contributed by atoms with E-state index in [9.17, 15) is 9.50 Å². The molecule has 2 aromatic carbocycles. The highest BCUT2D eigenvalue weighted by Crippen LogP contribution is 2.26. The van der Waals surface area contributed by atoms with Crippen LogP contribution in [0.5, 0.6) is 0 Å². The van der Waals surface area contributed by atoms with Crippen LogP contribution >= 0.6 is 38.5 Å². The lowest BCUT2D eigenvalue weighted by Crippen LogP contribution is -2.00. The van der Waals surface area contributed by atoms with Crippen molar-refractivity contribution >= 4 is 38.5 Å². The quantitative estimate of drug-likeness (QED) is 0.738. The summed E-state index contributed by atoms with van der Waals surface area (Å²) in [6.45, 7) is 0. The summed E-state index contributed by atoms with van der Waals surface area (Å²) < 4.78 is 14.6. The topological polar surface area (TPSA) is 20.2 Å². The summed E-state index contributed by atoms with van der Waals surface area (Å²) >= 11 is 5.32. The van der Waals surface area contributed by atoms with E-state index in [1.54, 1.807) is 12.1 Å². The first-order valence-corrected chi connectivity index (χ1v) is 6.83. The predicted molar refractivity (Wildman–Crippen MR) is 77.3 cm³/mol. The van der Waals surface area contributed by atoms with E-state index in [4.69, 9.17) is 0 Å². The van der Waals surface area contributed by atoms with Crippen molar-refractivity contribution in [1.29, 1.82) is 0 Å². The van der Waals surface area contributed by atoms with Gasteiger partial charge in [-0.2, -0.15) is 0 Å². The Labute approximate surface area is 121 Å². The number of benzene rings is 2. The third-order valence-corrected chi connectivity index (χ3v) is 3.77. The molecule has 17 heavy (non-hydrogen) atoms. The van der Waals surface area contributed by atoms with Crippen molar-refractivity contribution in [3.63, 3.8) is 0 Å². The highest BCUT2D eigenvalue weighted by molar-refractivity contribution is 14.1. The summed E-state index contributed by atoms with van der Waals surface area (Å²) in [6, 6.07) is 12.1. The van der Waals surface area contributed by atoms with Gasteiger partial charge in [-0.25, -0.2) is 4.39 Å². The minimum Gasteiger partial charge on any atom is -0.384 e. The second-order valence-corrected chi connectivity index (χ2v) is 5.73. The summed E-state index contributed by atoms with van der Waals surface area (Å²) in [4.78, 5) is 0. The van der Waals surface area contributed by atoms with Crippen molar-refractivity contribution in [2.75, 3.05) is 0 Å². The number of hydrogen-bond donors (Lipinski definition) is 1. The van der Waals surface area contributed by atoms with Gasteiger partial charge in [0.1, 0.15) is 11.9 Å². The minimum absolute atomic E-state index is 0.330. The first-order chi connectivity index (χ1) is 8.08. The van der Waals surface area contributed by atoms with E-state index < -0.39 is 6.10 Å². The predicted octanol–water partition coefficient (Wildman–Crippen LogP) is 4.27. The van der Waals surface area contributed by atoms with Gasteiger partial charge in [0.25, 0.3) is 0 Å². The van der Waals surface area contributed by atoms with Gasteiger partial charge in [0.15, 0.2) is 0 Å². The molecule has 2 aromatic rings. The SMILES string of the molecule is OC(c1ccc(I)cc1)c1ccc(F)c(Br)c1. The molecule has 0 saturated heterocycles. The highest BCUT2D eigenvalue weighted by Gasteiger charge is 2.11. The van der Waals surface area contributed by atoms with Crippen molar-refractivity contribution in [3.05, 3.63) is 67.5 Å². The fraction of sp³-hybridized carbons (Fsp3) is 0.0769. The van der Waals surface area contributed by atoms with Gasteiger partial charge < -0.3 is 5.11 Å². The smallest absolute Gasteiger partial charge is 0.137 e. The number of rotatable bonds is 2. The maximum atomic E-state index is 13.1. The molecule has 1 nitrogen and oxygen atoms in total. The Morgan fingerprint density at radius 3 is 2.24 bits per heavy atom. The van der Waals surface area contributed by atoms with Crippen LogP contribution in [0.4, 0.5) is 4.39 Å². The van der Waals surface area contributed by atoms with E-state index >= 15 is 0 Å². The molecule has 2 rings (SSSR count). The van der Waals surface area contributed by atoms with E-state index in [-0.39, 0.29) is 5.82 Å². The molecule has 4 heteroatoms. The van der Waals surface area contributed by atoms with E-state index in [0.717, 1.165) is 9.13 Å². The summed E-state index contributed by atoms with van der Waals surface area (Å²) in [6.07, 6.45) is -0.733. The Bertz CT molecular complexity index is 527. The second-order valence-electron chi connectivity index (χ2n) is 3.63. The standard InChI is InChI=1S/C13H9BrFIO/c14-11-7-9(3-6-12(11)15)13(17)8-1-4-10(16)5-2-8/h1-7,13,17H. The summed E-state index contributed by atoms with van der Waals surface area (Å²) in [7, 11) is 0. The molecular formula is C13H9BrFIO. The van der Waals surface area contributed by atoms with Gasteiger partial charge in [-0.1, -0.05) is 18.2 Å². The Balaban J connectivity index is 2.33. The van der Waals surface area contributed by atoms with E-state index in [2.05, 4.69) is 38.5 Å². The normalized spacial score (nSPS) is 12.5. The monoisotopic (exact) mass is 406 g/mol. The molecule has 1 atom stereocenters. The zero-order valence-corrected chi connectivity index (χ0v) is 12.4. The van der Waals surface area contributed by atoms with Crippen molar-refractivity contribution in [3.8, 4) is 0 Å². The molecule has 0 saturated carbocycles. The molecular weight excluding hydrogens is 398 g/mol. The van der Waals surface area contributed by atoms with Crippen LogP contribution in [-0.4, -0.2) is 5.11 Å². The van der Waals surface area contributed by atoms with Crippen LogP contribution in [0.1, 0.15) is 17.2 Å². The summed E-state index contributed by atoms with van der Waals surface area (Å²) in [5.74, 6) is -0.330. The zero-order chi connectivity index (χ0) is 12.4. The molecule has 0 spiro atoms. The molecule has 88 valence electrons. The maximum Gasteiger partial charge on any atom is 0.137 e. The molecule has 0 fully saturated rings. The largest absolute Gasteiger partial charge is 0.384 e. The van der Waals surface area contributed by atoms with Gasteiger partial charge in [-0.15, -0.1) is 0 Å². The Morgan fingerprint density at radius 2 is 1.65 bits per heavy atom. The molecule has 0 bridgehead atoms. The van der Waals surface area contributed by atoms with Crippen LogP contribution in [0.2, 0.25) is 0 Å². The fourth-order valence-electron chi connectivity index (χ4n) is 1.52. The molecule has 0 aromatic heterocycles. The van der Waals surface area contributed by atoms with Gasteiger partial charge in [-0.3, -0.25) is 0 Å². The van der Waals surface area contributed by atoms with Crippen molar-refractivity contribution in [1.82, 2.24) is 0 Å². The number of aliphatic hydroxyl groups excluding tert-OH is 1. The van der Waals surface area contributed by atoms with Gasteiger partial charge in [-0.05, 0) is 73.9 Å². The van der Waals surface area contributed by atoms with Crippen LogP contribution in [0.15, 0.2) is 46.9 Å². The number of halogens is 3.